The van der Waals surface area contributed by atoms with Crippen molar-refractivity contribution in [3.05, 3.63) is 23.8 Å². The number of thiophene rings is 1. The Kier molecular flexibility index (Phi) is 3.32. The maximum Gasteiger partial charge on any atom is 0.0581 e. The van der Waals surface area contributed by atoms with E-state index < -0.39 is 0 Å². The van der Waals surface area contributed by atoms with Crippen LogP contribution in [-0.4, -0.2) is 6.26 Å². The van der Waals surface area contributed by atoms with E-state index in [-0.39, 0.29) is 0 Å². The second kappa shape index (κ2) is 4.35. The predicted molar refractivity (Wildman–Crippen MR) is 70.4 cm³/mol. The molecule has 0 unspecified atom stereocenters. The lowest BCUT2D eigenvalue weighted by molar-refractivity contribution is 1.37. The smallest absolute Gasteiger partial charge is 0.0581 e. The summed E-state index contributed by atoms with van der Waals surface area (Å²) in [7, 11) is 0. The summed E-state index contributed by atoms with van der Waals surface area (Å²) in [4.78, 5) is 1.29. The molecule has 1 aromatic heterocycles. The highest BCUT2D eigenvalue weighted by atomic mass is 35.5. The summed E-state index contributed by atoms with van der Waals surface area (Å²) >= 11 is 13.7. The fourth-order valence-corrected chi connectivity index (χ4v) is 3.59. The van der Waals surface area contributed by atoms with Crippen molar-refractivity contribution >= 4 is 57.4 Å². The Labute approximate surface area is 102 Å². The molecule has 2 aromatic rings. The Morgan fingerprint density at radius 2 is 2.21 bits per heavy atom. The molecule has 0 amide bonds. The first-order valence-corrected chi connectivity index (χ1v) is 7.12. The van der Waals surface area contributed by atoms with Gasteiger partial charge in [-0.3, -0.25) is 0 Å². The molecule has 0 fully saturated rings. The van der Waals surface area contributed by atoms with Gasteiger partial charge in [-0.1, -0.05) is 0 Å². The number of alkyl halides is 1. The zero-order valence-electron chi connectivity index (χ0n) is 7.58. The van der Waals surface area contributed by atoms with E-state index in [4.69, 9.17) is 11.6 Å². The molecule has 0 aliphatic rings. The Bertz CT molecular complexity index is 462. The Morgan fingerprint density at radius 3 is 2.86 bits per heavy atom. The van der Waals surface area contributed by atoms with Crippen LogP contribution in [0.1, 0.15) is 5.56 Å². The fraction of sp³-hybridized carbons (Fsp3) is 0.200. The van der Waals surface area contributed by atoms with Crippen molar-refractivity contribution < 1.29 is 0 Å². The zero-order valence-corrected chi connectivity index (χ0v) is 10.9. The number of fused-ring (bicyclic) bond motifs is 1. The SMILES string of the molecule is CSc1cc(CCl)cc2sc(S)cc12. The molecule has 0 aliphatic heterocycles. The Morgan fingerprint density at radius 1 is 1.43 bits per heavy atom. The van der Waals surface area contributed by atoms with Gasteiger partial charge in [-0.05, 0) is 30.0 Å². The summed E-state index contributed by atoms with van der Waals surface area (Å²) in [6.45, 7) is 0. The molecule has 0 bridgehead atoms. The van der Waals surface area contributed by atoms with Crippen LogP contribution in [0.4, 0.5) is 0 Å². The van der Waals surface area contributed by atoms with Gasteiger partial charge < -0.3 is 0 Å². The number of hydrogen-bond donors (Lipinski definition) is 1. The van der Waals surface area contributed by atoms with E-state index >= 15 is 0 Å². The highest BCUT2D eigenvalue weighted by Gasteiger charge is 2.06. The van der Waals surface area contributed by atoms with E-state index in [1.54, 1.807) is 23.1 Å². The van der Waals surface area contributed by atoms with Gasteiger partial charge in [-0.2, -0.15) is 0 Å². The third kappa shape index (κ3) is 1.91. The van der Waals surface area contributed by atoms with Gasteiger partial charge in [0.2, 0.25) is 0 Å². The average Bonchev–Trinajstić information content (AvgIpc) is 2.56. The first-order chi connectivity index (χ1) is 6.74. The van der Waals surface area contributed by atoms with E-state index in [1.807, 2.05) is 0 Å². The second-order valence-corrected chi connectivity index (χ2v) is 5.91. The molecule has 1 aromatic carbocycles. The monoisotopic (exact) mass is 260 g/mol. The highest BCUT2D eigenvalue weighted by molar-refractivity contribution is 7.98. The molecular weight excluding hydrogens is 252 g/mol. The summed E-state index contributed by atoms with van der Waals surface area (Å²) in [5.41, 5.74) is 1.18. The van der Waals surface area contributed by atoms with E-state index in [0.717, 1.165) is 4.21 Å². The summed E-state index contributed by atoms with van der Waals surface area (Å²) < 4.78 is 2.33. The minimum atomic E-state index is 0.573. The summed E-state index contributed by atoms with van der Waals surface area (Å²) in [5.74, 6) is 0.573. The summed E-state index contributed by atoms with van der Waals surface area (Å²) in [6.07, 6.45) is 2.09. The van der Waals surface area contributed by atoms with E-state index in [2.05, 4.69) is 37.1 Å². The number of halogens is 1. The van der Waals surface area contributed by atoms with Crippen molar-refractivity contribution in [2.45, 2.75) is 15.0 Å². The van der Waals surface area contributed by atoms with Crippen molar-refractivity contribution in [2.75, 3.05) is 6.26 Å². The van der Waals surface area contributed by atoms with Crippen LogP contribution in [0.3, 0.4) is 0 Å². The molecule has 0 spiro atoms. The largest absolute Gasteiger partial charge is 0.133 e. The van der Waals surface area contributed by atoms with Gasteiger partial charge in [0, 0.05) is 20.9 Å². The molecule has 0 nitrogen and oxygen atoms in total. The quantitative estimate of drug-likeness (QED) is 0.466. The molecule has 4 heteroatoms. The van der Waals surface area contributed by atoms with Crippen LogP contribution in [0.25, 0.3) is 10.1 Å². The summed E-state index contributed by atoms with van der Waals surface area (Å²) in [5, 5.41) is 1.29. The Balaban J connectivity index is 2.72. The van der Waals surface area contributed by atoms with Gasteiger partial charge in [0.1, 0.15) is 0 Å². The standard InChI is InChI=1S/C10H9ClS3/c1-13-8-2-6(5-11)3-9-7(8)4-10(12)14-9/h2-4,12H,5H2,1H3. The van der Waals surface area contributed by atoms with E-state index in [1.165, 1.54) is 20.5 Å². The summed E-state index contributed by atoms with van der Waals surface area (Å²) in [6, 6.07) is 6.42. The molecule has 2 rings (SSSR count). The second-order valence-electron chi connectivity index (χ2n) is 2.93. The van der Waals surface area contributed by atoms with Crippen LogP contribution in [0, 0.1) is 0 Å². The maximum atomic E-state index is 5.84. The van der Waals surface area contributed by atoms with Crippen LogP contribution in [0.5, 0.6) is 0 Å². The number of hydrogen-bond acceptors (Lipinski definition) is 3. The first-order valence-electron chi connectivity index (χ1n) is 4.10. The van der Waals surface area contributed by atoms with Crippen LogP contribution in [0.2, 0.25) is 0 Å². The molecule has 0 N–H and O–H groups in total. The van der Waals surface area contributed by atoms with Gasteiger partial charge in [-0.15, -0.1) is 47.3 Å². The van der Waals surface area contributed by atoms with Gasteiger partial charge in [0.25, 0.3) is 0 Å². The average molecular weight is 261 g/mol. The lowest BCUT2D eigenvalue weighted by Gasteiger charge is -2.02. The number of thioether (sulfide) groups is 1. The minimum absolute atomic E-state index is 0.573. The van der Waals surface area contributed by atoms with E-state index in [0.29, 0.717) is 5.88 Å². The first kappa shape index (κ1) is 10.7. The molecule has 14 heavy (non-hydrogen) atoms. The van der Waals surface area contributed by atoms with Crippen LogP contribution in [0.15, 0.2) is 27.3 Å². The maximum absolute atomic E-state index is 5.84. The van der Waals surface area contributed by atoms with Gasteiger partial charge in [0.15, 0.2) is 0 Å². The molecule has 0 radical (unpaired) electrons. The Hall–Kier alpha value is 0.170. The third-order valence-electron chi connectivity index (χ3n) is 2.02. The van der Waals surface area contributed by atoms with Gasteiger partial charge in [0.05, 0.1) is 4.21 Å². The van der Waals surface area contributed by atoms with Crippen LogP contribution >= 0.6 is 47.3 Å². The van der Waals surface area contributed by atoms with Crippen molar-refractivity contribution in [2.24, 2.45) is 0 Å². The number of rotatable bonds is 2. The van der Waals surface area contributed by atoms with Crippen molar-refractivity contribution in [1.29, 1.82) is 0 Å². The van der Waals surface area contributed by atoms with Crippen molar-refractivity contribution in [1.82, 2.24) is 0 Å². The molecule has 0 saturated heterocycles. The molecule has 0 atom stereocenters. The molecule has 1 heterocycles. The third-order valence-corrected chi connectivity index (χ3v) is 4.39. The molecule has 0 saturated carbocycles. The molecule has 74 valence electrons. The minimum Gasteiger partial charge on any atom is -0.133 e. The molecular formula is C10H9ClS3. The molecule has 0 aliphatic carbocycles. The van der Waals surface area contributed by atoms with Crippen LogP contribution in [-0.2, 0) is 5.88 Å². The topological polar surface area (TPSA) is 0 Å². The highest BCUT2D eigenvalue weighted by Crippen LogP contribution is 2.35. The van der Waals surface area contributed by atoms with Gasteiger partial charge >= 0.3 is 0 Å². The fourth-order valence-electron chi connectivity index (χ4n) is 1.39. The lowest BCUT2D eigenvalue weighted by Crippen LogP contribution is -1.79. The predicted octanol–water partition coefficient (Wildman–Crippen LogP) is 4.65. The van der Waals surface area contributed by atoms with E-state index in [9.17, 15) is 0 Å². The van der Waals surface area contributed by atoms with Crippen molar-refractivity contribution in [3.8, 4) is 0 Å². The van der Waals surface area contributed by atoms with Crippen molar-refractivity contribution in [3.63, 3.8) is 0 Å². The van der Waals surface area contributed by atoms with Crippen LogP contribution < -0.4 is 0 Å². The number of thiol groups is 1. The zero-order chi connectivity index (χ0) is 10.1. The lowest BCUT2D eigenvalue weighted by atomic mass is 10.2. The number of benzene rings is 1. The normalized spacial score (nSPS) is 11.1. The van der Waals surface area contributed by atoms with Gasteiger partial charge in [-0.25, -0.2) is 0 Å².